The summed E-state index contributed by atoms with van der Waals surface area (Å²) in [6, 6.07) is 6.11. The van der Waals surface area contributed by atoms with Gasteiger partial charge in [-0.05, 0) is 38.0 Å². The van der Waals surface area contributed by atoms with E-state index in [1.807, 2.05) is 31.3 Å². The van der Waals surface area contributed by atoms with Crippen molar-refractivity contribution in [2.45, 2.75) is 38.5 Å². The number of alkyl halides is 1. The molecule has 0 amide bonds. The summed E-state index contributed by atoms with van der Waals surface area (Å²) in [6.07, 6.45) is 5.81. The monoisotopic (exact) mass is 439 g/mol. The second-order valence-corrected chi connectivity index (χ2v) is 7.98. The number of ether oxygens (including phenoxy) is 2. The van der Waals surface area contributed by atoms with E-state index in [9.17, 15) is 4.39 Å². The van der Waals surface area contributed by atoms with Gasteiger partial charge in [0.15, 0.2) is 5.65 Å². The number of fused-ring (bicyclic) bond motifs is 2. The van der Waals surface area contributed by atoms with Gasteiger partial charge >= 0.3 is 0 Å². The van der Waals surface area contributed by atoms with Crippen molar-refractivity contribution in [1.29, 1.82) is 0 Å². The highest BCUT2D eigenvalue weighted by atomic mass is 19.1. The van der Waals surface area contributed by atoms with Crippen molar-refractivity contribution in [1.82, 2.24) is 29.1 Å². The highest BCUT2D eigenvalue weighted by Gasteiger charge is 2.30. The molecule has 1 N–H and O–H groups in total. The van der Waals surface area contributed by atoms with E-state index in [4.69, 9.17) is 14.5 Å². The number of hydrogen-bond donors (Lipinski definition) is 1. The van der Waals surface area contributed by atoms with Crippen molar-refractivity contribution < 1.29 is 13.9 Å². The molecule has 1 aliphatic carbocycles. The average Bonchev–Trinajstić information content (AvgIpc) is 3.32. The first kappa shape index (κ1) is 20.8. The largest absolute Gasteiger partial charge is 0.382 e. The van der Waals surface area contributed by atoms with Crippen LogP contribution in [0.4, 0.5) is 10.3 Å². The first-order chi connectivity index (χ1) is 15.7. The van der Waals surface area contributed by atoms with E-state index in [0.717, 1.165) is 41.0 Å². The Morgan fingerprint density at radius 1 is 1.19 bits per heavy atom. The minimum Gasteiger partial charge on any atom is -0.382 e. The van der Waals surface area contributed by atoms with Gasteiger partial charge in [0.05, 0.1) is 43.3 Å². The number of nitrogens with one attached hydrogen (secondary N) is 1. The first-order valence-electron chi connectivity index (χ1n) is 10.8. The summed E-state index contributed by atoms with van der Waals surface area (Å²) >= 11 is 0. The van der Waals surface area contributed by atoms with E-state index in [-0.39, 0.29) is 12.6 Å². The predicted molar refractivity (Wildman–Crippen MR) is 118 cm³/mol. The predicted octanol–water partition coefficient (Wildman–Crippen LogP) is 3.02. The quantitative estimate of drug-likeness (QED) is 0.401. The summed E-state index contributed by atoms with van der Waals surface area (Å²) < 4.78 is 27.3. The van der Waals surface area contributed by atoms with Crippen molar-refractivity contribution in [2.75, 3.05) is 32.3 Å². The Kier molecular flexibility index (Phi) is 5.71. The second-order valence-electron chi connectivity index (χ2n) is 7.98. The summed E-state index contributed by atoms with van der Waals surface area (Å²) in [7, 11) is 1.67. The standard InChI is InChI=1S/C22H26FN7O2/c1-14-25-19-4-3-18(27-21(19)29(14)8-6-23)17-5-7-30-20(17)13-24-22(28-30)26-15-11-16(12-15)32-10-9-31-2/h3-5,7,13,15-16H,6,8-12H2,1-2H3,(H,26,28)/t15-,16+. The van der Waals surface area contributed by atoms with Crippen LogP contribution in [0, 0.1) is 6.92 Å². The molecule has 4 aromatic heterocycles. The van der Waals surface area contributed by atoms with Crippen LogP contribution < -0.4 is 5.32 Å². The Morgan fingerprint density at radius 2 is 2.06 bits per heavy atom. The van der Waals surface area contributed by atoms with E-state index in [2.05, 4.69) is 20.4 Å². The number of rotatable bonds is 9. The van der Waals surface area contributed by atoms with Crippen molar-refractivity contribution in [3.8, 4) is 11.3 Å². The lowest BCUT2D eigenvalue weighted by atomic mass is 9.89. The zero-order valence-corrected chi connectivity index (χ0v) is 18.2. The lowest BCUT2D eigenvalue weighted by Gasteiger charge is -2.35. The molecular weight excluding hydrogens is 413 g/mol. The topological polar surface area (TPSA) is 91.4 Å². The van der Waals surface area contributed by atoms with Crippen molar-refractivity contribution in [3.63, 3.8) is 0 Å². The van der Waals surface area contributed by atoms with Crippen LogP contribution in [0.2, 0.25) is 0 Å². The highest BCUT2D eigenvalue weighted by Crippen LogP contribution is 2.28. The maximum atomic E-state index is 13.0. The second kappa shape index (κ2) is 8.79. The smallest absolute Gasteiger partial charge is 0.241 e. The fourth-order valence-corrected chi connectivity index (χ4v) is 4.10. The zero-order valence-electron chi connectivity index (χ0n) is 18.2. The summed E-state index contributed by atoms with van der Waals surface area (Å²) in [6.45, 7) is 2.88. The number of methoxy groups -OCH3 is 1. The van der Waals surface area contributed by atoms with Crippen LogP contribution in [0.25, 0.3) is 27.9 Å². The van der Waals surface area contributed by atoms with E-state index < -0.39 is 6.67 Å². The van der Waals surface area contributed by atoms with Gasteiger partial charge in [-0.25, -0.2) is 23.9 Å². The molecule has 9 nitrogen and oxygen atoms in total. The van der Waals surface area contributed by atoms with Crippen LogP contribution in [-0.2, 0) is 16.0 Å². The summed E-state index contributed by atoms with van der Waals surface area (Å²) in [5.74, 6) is 1.34. The van der Waals surface area contributed by atoms with Gasteiger partial charge in [0.25, 0.3) is 0 Å². The maximum Gasteiger partial charge on any atom is 0.241 e. The van der Waals surface area contributed by atoms with Crippen LogP contribution in [0.1, 0.15) is 18.7 Å². The van der Waals surface area contributed by atoms with Gasteiger partial charge in [0, 0.05) is 24.9 Å². The van der Waals surface area contributed by atoms with E-state index in [1.54, 1.807) is 22.4 Å². The SMILES string of the molecule is COCCO[C@H]1C[C@@H](Nc2ncc3c(-c4ccc5nc(C)n(CCF)c5n4)ccn3n2)C1. The minimum absolute atomic E-state index is 0.243. The fraction of sp³-hybridized carbons (Fsp3) is 0.455. The summed E-state index contributed by atoms with van der Waals surface area (Å²) in [4.78, 5) is 13.7. The number of pyridine rings is 1. The Bertz CT molecular complexity index is 1230. The van der Waals surface area contributed by atoms with Crippen LogP contribution >= 0.6 is 0 Å². The third-order valence-electron chi connectivity index (χ3n) is 5.85. The molecule has 0 saturated heterocycles. The number of aromatic nitrogens is 6. The molecule has 0 bridgehead atoms. The Hall–Kier alpha value is -3.11. The van der Waals surface area contributed by atoms with Crippen molar-refractivity contribution >= 4 is 22.6 Å². The molecule has 168 valence electrons. The molecule has 0 spiro atoms. The van der Waals surface area contributed by atoms with E-state index in [1.165, 1.54) is 0 Å². The lowest BCUT2D eigenvalue weighted by molar-refractivity contribution is -0.0261. The number of anilines is 1. The number of imidazole rings is 1. The Morgan fingerprint density at radius 3 is 2.88 bits per heavy atom. The Labute approximate surface area is 184 Å². The molecule has 1 fully saturated rings. The molecule has 10 heteroatoms. The minimum atomic E-state index is -0.460. The number of nitrogens with zero attached hydrogens (tertiary/aromatic N) is 6. The van der Waals surface area contributed by atoms with Gasteiger partial charge in [-0.15, -0.1) is 5.10 Å². The molecule has 32 heavy (non-hydrogen) atoms. The molecule has 4 aromatic rings. The average molecular weight is 439 g/mol. The molecule has 1 aliphatic rings. The third-order valence-corrected chi connectivity index (χ3v) is 5.85. The highest BCUT2D eigenvalue weighted by molar-refractivity contribution is 5.82. The molecular formula is C22H26FN7O2. The van der Waals surface area contributed by atoms with Gasteiger partial charge < -0.3 is 19.4 Å². The zero-order chi connectivity index (χ0) is 22.1. The van der Waals surface area contributed by atoms with Crippen LogP contribution in [-0.4, -0.2) is 68.3 Å². The number of aryl methyl sites for hydroxylation is 2. The van der Waals surface area contributed by atoms with Crippen molar-refractivity contribution in [2.24, 2.45) is 0 Å². The van der Waals surface area contributed by atoms with Gasteiger partial charge in [-0.2, -0.15) is 0 Å². The molecule has 5 rings (SSSR count). The molecule has 0 aliphatic heterocycles. The maximum absolute atomic E-state index is 13.0. The summed E-state index contributed by atoms with van der Waals surface area (Å²) in [5, 5.41) is 7.97. The van der Waals surface area contributed by atoms with Gasteiger partial charge in [-0.3, -0.25) is 0 Å². The normalized spacial score (nSPS) is 18.3. The van der Waals surface area contributed by atoms with Gasteiger partial charge in [0.1, 0.15) is 18.0 Å². The lowest BCUT2D eigenvalue weighted by Crippen LogP contribution is -2.41. The molecule has 4 heterocycles. The third kappa shape index (κ3) is 3.91. The van der Waals surface area contributed by atoms with E-state index in [0.29, 0.717) is 30.9 Å². The molecule has 0 atom stereocenters. The van der Waals surface area contributed by atoms with Gasteiger partial charge in [0.2, 0.25) is 5.95 Å². The molecule has 1 saturated carbocycles. The summed E-state index contributed by atoms with van der Waals surface area (Å²) in [5.41, 5.74) is 3.99. The molecule has 0 aromatic carbocycles. The first-order valence-corrected chi connectivity index (χ1v) is 10.8. The number of halogens is 1. The Balaban J connectivity index is 1.33. The van der Waals surface area contributed by atoms with Crippen LogP contribution in [0.5, 0.6) is 0 Å². The fourth-order valence-electron chi connectivity index (χ4n) is 4.10. The number of hydrogen-bond acceptors (Lipinski definition) is 7. The van der Waals surface area contributed by atoms with E-state index >= 15 is 0 Å². The molecule has 0 radical (unpaired) electrons. The van der Waals surface area contributed by atoms with Crippen LogP contribution in [0.3, 0.4) is 0 Å². The van der Waals surface area contributed by atoms with Crippen LogP contribution in [0.15, 0.2) is 30.6 Å². The van der Waals surface area contributed by atoms with Gasteiger partial charge in [-0.1, -0.05) is 0 Å². The van der Waals surface area contributed by atoms with Crippen molar-refractivity contribution in [3.05, 3.63) is 36.4 Å². The molecule has 0 unspecified atom stereocenters.